The van der Waals surface area contributed by atoms with Crippen molar-refractivity contribution in [1.29, 1.82) is 0 Å². The molecular formula is C14H18N2O2. The summed E-state index contributed by atoms with van der Waals surface area (Å²) in [4.78, 5) is 13.5. The number of nitrogens with one attached hydrogen (secondary N) is 1. The molecule has 0 aromatic heterocycles. The van der Waals surface area contributed by atoms with Crippen molar-refractivity contribution in [2.24, 2.45) is 0 Å². The molecule has 1 N–H and O–H groups in total. The molecule has 96 valence electrons. The number of benzene rings is 1. The summed E-state index contributed by atoms with van der Waals surface area (Å²) in [5.41, 5.74) is 2.28. The number of alkyl carbamates (subject to hydrolysis) is 1. The number of aryl methyl sites for hydroxylation is 1. The fourth-order valence-corrected chi connectivity index (χ4v) is 2.71. The minimum Gasteiger partial charge on any atom is -0.441 e. The van der Waals surface area contributed by atoms with Gasteiger partial charge in [-0.1, -0.05) is 17.7 Å². The minimum atomic E-state index is -0.265. The van der Waals surface area contributed by atoms with Crippen molar-refractivity contribution in [3.63, 3.8) is 0 Å². The first kappa shape index (κ1) is 11.4. The van der Waals surface area contributed by atoms with Gasteiger partial charge >= 0.3 is 6.09 Å². The predicted octanol–water partition coefficient (Wildman–Crippen LogP) is 2.07. The summed E-state index contributed by atoms with van der Waals surface area (Å²) in [6.07, 6.45) is 1.54. The maximum absolute atomic E-state index is 11.2. The second-order valence-electron chi connectivity index (χ2n) is 5.25. The van der Waals surface area contributed by atoms with Gasteiger partial charge in [-0.15, -0.1) is 0 Å². The average molecular weight is 246 g/mol. The Labute approximate surface area is 107 Å². The standard InChI is InChI=1S/C14H18N2O2/c1-11-2-4-12(5-3-11)16-8-6-14(7-9-16)10-15-13(17)18-14/h2-5H,6-10H2,1H3,(H,15,17). The Hall–Kier alpha value is -1.71. The molecule has 1 amide bonds. The van der Waals surface area contributed by atoms with Gasteiger partial charge in [0.2, 0.25) is 0 Å². The van der Waals surface area contributed by atoms with Crippen molar-refractivity contribution in [1.82, 2.24) is 5.32 Å². The number of amides is 1. The molecule has 3 rings (SSSR count). The molecule has 4 heteroatoms. The Kier molecular flexibility index (Phi) is 2.65. The lowest BCUT2D eigenvalue weighted by atomic mass is 9.91. The predicted molar refractivity (Wildman–Crippen MR) is 69.8 cm³/mol. The molecule has 1 spiro atoms. The Bertz CT molecular complexity index is 447. The van der Waals surface area contributed by atoms with Crippen molar-refractivity contribution in [2.45, 2.75) is 25.4 Å². The van der Waals surface area contributed by atoms with Crippen LogP contribution in [0.15, 0.2) is 24.3 Å². The number of hydrogen-bond acceptors (Lipinski definition) is 3. The number of hydrogen-bond donors (Lipinski definition) is 1. The number of carbonyl (C=O) groups excluding carboxylic acids is 1. The molecule has 2 heterocycles. The van der Waals surface area contributed by atoms with Gasteiger partial charge in [0.15, 0.2) is 0 Å². The van der Waals surface area contributed by atoms with Gasteiger partial charge < -0.3 is 15.0 Å². The highest BCUT2D eigenvalue weighted by atomic mass is 16.6. The molecule has 2 fully saturated rings. The van der Waals surface area contributed by atoms with E-state index >= 15 is 0 Å². The van der Waals surface area contributed by atoms with Gasteiger partial charge in [0.1, 0.15) is 5.60 Å². The molecule has 18 heavy (non-hydrogen) atoms. The SMILES string of the molecule is Cc1ccc(N2CCC3(CC2)CNC(=O)O3)cc1. The maximum Gasteiger partial charge on any atom is 0.407 e. The molecule has 0 unspecified atom stereocenters. The van der Waals surface area contributed by atoms with E-state index in [0.717, 1.165) is 25.9 Å². The molecule has 0 bridgehead atoms. The van der Waals surface area contributed by atoms with Crippen LogP contribution in [-0.4, -0.2) is 31.3 Å². The first-order valence-corrected chi connectivity index (χ1v) is 6.45. The van der Waals surface area contributed by atoms with Gasteiger partial charge in [-0.05, 0) is 19.1 Å². The smallest absolute Gasteiger partial charge is 0.407 e. The van der Waals surface area contributed by atoms with Crippen LogP contribution in [0.1, 0.15) is 18.4 Å². The largest absolute Gasteiger partial charge is 0.441 e. The maximum atomic E-state index is 11.2. The van der Waals surface area contributed by atoms with Crippen LogP contribution in [0, 0.1) is 6.92 Å². The number of anilines is 1. The van der Waals surface area contributed by atoms with Crippen LogP contribution >= 0.6 is 0 Å². The highest BCUT2D eigenvalue weighted by Gasteiger charge is 2.42. The van der Waals surface area contributed by atoms with E-state index < -0.39 is 0 Å². The van der Waals surface area contributed by atoms with Crippen molar-refractivity contribution in [3.05, 3.63) is 29.8 Å². The summed E-state index contributed by atoms with van der Waals surface area (Å²) in [7, 11) is 0. The van der Waals surface area contributed by atoms with Crippen LogP contribution in [0.25, 0.3) is 0 Å². The van der Waals surface area contributed by atoms with Crippen molar-refractivity contribution in [2.75, 3.05) is 24.5 Å². The fraction of sp³-hybridized carbons (Fsp3) is 0.500. The van der Waals surface area contributed by atoms with E-state index in [2.05, 4.69) is 41.4 Å². The van der Waals surface area contributed by atoms with Gasteiger partial charge in [-0.3, -0.25) is 0 Å². The van der Waals surface area contributed by atoms with Crippen LogP contribution < -0.4 is 10.2 Å². The lowest BCUT2D eigenvalue weighted by Gasteiger charge is -2.38. The Morgan fingerprint density at radius 3 is 2.44 bits per heavy atom. The zero-order chi connectivity index (χ0) is 12.6. The van der Waals surface area contributed by atoms with E-state index in [1.54, 1.807) is 0 Å². The molecule has 0 atom stereocenters. The topological polar surface area (TPSA) is 41.6 Å². The Morgan fingerprint density at radius 2 is 1.89 bits per heavy atom. The van der Waals surface area contributed by atoms with Crippen LogP contribution in [0.4, 0.5) is 10.5 Å². The fourth-order valence-electron chi connectivity index (χ4n) is 2.71. The highest BCUT2D eigenvalue weighted by Crippen LogP contribution is 2.31. The zero-order valence-electron chi connectivity index (χ0n) is 10.6. The average Bonchev–Trinajstić information content (AvgIpc) is 2.73. The van der Waals surface area contributed by atoms with Crippen LogP contribution in [0.3, 0.4) is 0 Å². The first-order valence-electron chi connectivity index (χ1n) is 6.45. The molecule has 0 saturated carbocycles. The van der Waals surface area contributed by atoms with E-state index in [-0.39, 0.29) is 11.7 Å². The highest BCUT2D eigenvalue weighted by molar-refractivity contribution is 5.70. The number of carbonyl (C=O) groups is 1. The molecular weight excluding hydrogens is 228 g/mol. The summed E-state index contributed by atoms with van der Waals surface area (Å²) in [6.45, 7) is 4.64. The molecule has 1 aromatic rings. The van der Waals surface area contributed by atoms with Gasteiger partial charge in [0.05, 0.1) is 6.54 Å². The number of ether oxygens (including phenoxy) is 1. The first-order chi connectivity index (χ1) is 8.67. The zero-order valence-corrected chi connectivity index (χ0v) is 10.6. The second kappa shape index (κ2) is 4.19. The van der Waals surface area contributed by atoms with E-state index in [9.17, 15) is 4.79 Å². The minimum absolute atomic E-state index is 0.252. The quantitative estimate of drug-likeness (QED) is 0.824. The number of rotatable bonds is 1. The third-order valence-electron chi connectivity index (χ3n) is 3.94. The summed E-state index contributed by atoms with van der Waals surface area (Å²) in [6, 6.07) is 8.59. The van der Waals surface area contributed by atoms with Crippen molar-refractivity contribution >= 4 is 11.8 Å². The molecule has 0 radical (unpaired) electrons. The normalized spacial score (nSPS) is 21.8. The monoisotopic (exact) mass is 246 g/mol. The van der Waals surface area contributed by atoms with E-state index in [0.29, 0.717) is 6.54 Å². The van der Waals surface area contributed by atoms with Gasteiger partial charge in [-0.2, -0.15) is 0 Å². The summed E-state index contributed by atoms with van der Waals surface area (Å²) < 4.78 is 5.42. The molecule has 1 aromatic carbocycles. The molecule has 4 nitrogen and oxygen atoms in total. The van der Waals surface area contributed by atoms with Crippen LogP contribution in [-0.2, 0) is 4.74 Å². The van der Waals surface area contributed by atoms with E-state index in [1.165, 1.54) is 11.3 Å². The van der Waals surface area contributed by atoms with E-state index in [1.807, 2.05) is 0 Å². The molecule has 2 aliphatic rings. The summed E-state index contributed by atoms with van der Waals surface area (Å²) >= 11 is 0. The Balaban J connectivity index is 1.66. The molecule has 2 saturated heterocycles. The lowest BCUT2D eigenvalue weighted by molar-refractivity contribution is 0.0367. The van der Waals surface area contributed by atoms with Crippen LogP contribution in [0.2, 0.25) is 0 Å². The van der Waals surface area contributed by atoms with Crippen molar-refractivity contribution < 1.29 is 9.53 Å². The third-order valence-corrected chi connectivity index (χ3v) is 3.94. The van der Waals surface area contributed by atoms with E-state index in [4.69, 9.17) is 4.74 Å². The summed E-state index contributed by atoms with van der Waals surface area (Å²) in [5.74, 6) is 0. The second-order valence-corrected chi connectivity index (χ2v) is 5.25. The molecule has 0 aliphatic carbocycles. The van der Waals surface area contributed by atoms with Gasteiger partial charge in [0.25, 0.3) is 0 Å². The third kappa shape index (κ3) is 2.03. The van der Waals surface area contributed by atoms with Gasteiger partial charge in [0, 0.05) is 31.6 Å². The Morgan fingerprint density at radius 1 is 1.22 bits per heavy atom. The molecule has 2 aliphatic heterocycles. The number of piperidine rings is 1. The van der Waals surface area contributed by atoms with Crippen molar-refractivity contribution in [3.8, 4) is 0 Å². The number of nitrogens with zero attached hydrogens (tertiary/aromatic N) is 1. The summed E-state index contributed by atoms with van der Waals surface area (Å²) in [5, 5.41) is 2.76. The van der Waals surface area contributed by atoms with Gasteiger partial charge in [-0.25, -0.2) is 4.79 Å². The lowest BCUT2D eigenvalue weighted by Crippen LogP contribution is -2.46. The van der Waals surface area contributed by atoms with Crippen LogP contribution in [0.5, 0.6) is 0 Å².